The Labute approximate surface area is 146 Å². The van der Waals surface area contributed by atoms with E-state index in [1.165, 1.54) is 24.3 Å². The number of cyclic esters (lactones) is 1. The molecular weight excluding hydrogens is 355 g/mol. The second-order valence-corrected chi connectivity index (χ2v) is 5.66. The Balaban J connectivity index is 1.96. The number of nitro benzene ring substituents is 1. The molecular formula is C16H8Cl2N2O4. The fourth-order valence-corrected chi connectivity index (χ4v) is 2.52. The molecule has 0 aliphatic carbocycles. The molecule has 0 aromatic heterocycles. The first-order chi connectivity index (χ1) is 11.4. The maximum atomic E-state index is 11.9. The molecule has 24 heavy (non-hydrogen) atoms. The number of hydrogen-bond acceptors (Lipinski definition) is 5. The Hall–Kier alpha value is -2.70. The Kier molecular flexibility index (Phi) is 4.33. The summed E-state index contributed by atoms with van der Waals surface area (Å²) in [5, 5.41) is 11.3. The molecule has 1 heterocycles. The average Bonchev–Trinajstić information content (AvgIpc) is 2.87. The van der Waals surface area contributed by atoms with Crippen LogP contribution in [0.3, 0.4) is 0 Å². The molecule has 120 valence electrons. The Morgan fingerprint density at radius 2 is 1.96 bits per heavy atom. The fourth-order valence-electron chi connectivity index (χ4n) is 2.07. The van der Waals surface area contributed by atoms with Gasteiger partial charge in [-0.1, -0.05) is 35.3 Å². The Bertz CT molecular complexity index is 922. The number of non-ortho nitro benzene ring substituents is 1. The second kappa shape index (κ2) is 6.43. The molecule has 2 aromatic rings. The lowest BCUT2D eigenvalue weighted by molar-refractivity contribution is -0.384. The third-order valence-corrected chi connectivity index (χ3v) is 3.71. The van der Waals surface area contributed by atoms with Gasteiger partial charge in [0.05, 0.1) is 15.5 Å². The molecule has 0 saturated carbocycles. The first-order valence-corrected chi connectivity index (χ1v) is 7.42. The van der Waals surface area contributed by atoms with Crippen molar-refractivity contribution in [2.75, 3.05) is 0 Å². The maximum Gasteiger partial charge on any atom is 0.363 e. The summed E-state index contributed by atoms with van der Waals surface area (Å²) >= 11 is 11.9. The molecule has 0 spiro atoms. The van der Waals surface area contributed by atoms with E-state index < -0.39 is 10.9 Å². The molecule has 1 aliphatic rings. The maximum absolute atomic E-state index is 11.9. The SMILES string of the molecule is O=C1OC(c2ccc([N+](=O)[O-])cc2Cl)=N/C1=C\c1cccc(Cl)c1. The molecule has 0 atom stereocenters. The summed E-state index contributed by atoms with van der Waals surface area (Å²) in [7, 11) is 0. The van der Waals surface area contributed by atoms with Crippen LogP contribution in [0.5, 0.6) is 0 Å². The predicted molar refractivity (Wildman–Crippen MR) is 90.2 cm³/mol. The molecule has 0 saturated heterocycles. The van der Waals surface area contributed by atoms with E-state index in [0.29, 0.717) is 16.1 Å². The summed E-state index contributed by atoms with van der Waals surface area (Å²) in [6.07, 6.45) is 1.53. The van der Waals surface area contributed by atoms with Gasteiger partial charge in [0.2, 0.25) is 5.90 Å². The van der Waals surface area contributed by atoms with Crippen molar-refractivity contribution in [3.63, 3.8) is 0 Å². The van der Waals surface area contributed by atoms with Crippen LogP contribution < -0.4 is 0 Å². The number of aliphatic imine (C=N–C) groups is 1. The molecule has 0 bridgehead atoms. The number of ether oxygens (including phenoxy) is 1. The largest absolute Gasteiger partial charge is 0.402 e. The summed E-state index contributed by atoms with van der Waals surface area (Å²) in [5.41, 5.74) is 0.907. The Morgan fingerprint density at radius 3 is 2.62 bits per heavy atom. The van der Waals surface area contributed by atoms with Crippen molar-refractivity contribution in [3.05, 3.63) is 79.4 Å². The molecule has 0 radical (unpaired) electrons. The lowest BCUT2D eigenvalue weighted by atomic mass is 10.2. The van der Waals surface area contributed by atoms with Crippen LogP contribution in [-0.2, 0) is 9.53 Å². The van der Waals surface area contributed by atoms with E-state index in [4.69, 9.17) is 27.9 Å². The van der Waals surface area contributed by atoms with Gasteiger partial charge in [0.1, 0.15) is 0 Å². The number of halogens is 2. The van der Waals surface area contributed by atoms with Gasteiger partial charge in [0, 0.05) is 17.2 Å². The molecule has 3 rings (SSSR count). The van der Waals surface area contributed by atoms with Gasteiger partial charge in [-0.3, -0.25) is 10.1 Å². The number of carbonyl (C=O) groups is 1. The minimum atomic E-state index is -0.639. The zero-order valence-corrected chi connectivity index (χ0v) is 13.4. The molecule has 0 N–H and O–H groups in total. The van der Waals surface area contributed by atoms with E-state index in [1.54, 1.807) is 24.3 Å². The topological polar surface area (TPSA) is 81.8 Å². The molecule has 0 unspecified atom stereocenters. The smallest absolute Gasteiger partial charge is 0.363 e. The molecule has 0 fully saturated rings. The standard InChI is InChI=1S/C16H8Cl2N2O4/c17-10-3-1-2-9(6-10)7-14-16(21)24-15(19-14)12-5-4-11(20(22)23)8-13(12)18/h1-8H/b14-7-. The number of nitro groups is 1. The van der Waals surface area contributed by atoms with Crippen molar-refractivity contribution < 1.29 is 14.5 Å². The fraction of sp³-hybridized carbons (Fsp3) is 0. The number of rotatable bonds is 3. The number of nitrogens with zero attached hydrogens (tertiary/aromatic N) is 2. The zero-order valence-electron chi connectivity index (χ0n) is 11.9. The van der Waals surface area contributed by atoms with Crippen molar-refractivity contribution in [2.45, 2.75) is 0 Å². The third kappa shape index (κ3) is 3.29. The first-order valence-electron chi connectivity index (χ1n) is 6.66. The van der Waals surface area contributed by atoms with Gasteiger partial charge < -0.3 is 4.74 Å². The van der Waals surface area contributed by atoms with E-state index in [2.05, 4.69) is 4.99 Å². The minimum absolute atomic E-state index is 0.00632. The summed E-state index contributed by atoms with van der Waals surface area (Å²) < 4.78 is 5.10. The van der Waals surface area contributed by atoms with Gasteiger partial charge in [-0.2, -0.15) is 0 Å². The highest BCUT2D eigenvalue weighted by atomic mass is 35.5. The van der Waals surface area contributed by atoms with Crippen molar-refractivity contribution in [1.29, 1.82) is 0 Å². The zero-order chi connectivity index (χ0) is 17.3. The first kappa shape index (κ1) is 16.2. The minimum Gasteiger partial charge on any atom is -0.402 e. The monoisotopic (exact) mass is 362 g/mol. The van der Waals surface area contributed by atoms with Crippen molar-refractivity contribution in [2.24, 2.45) is 4.99 Å². The summed E-state index contributed by atoms with van der Waals surface area (Å²) in [4.78, 5) is 26.2. The third-order valence-electron chi connectivity index (χ3n) is 3.17. The quantitative estimate of drug-likeness (QED) is 0.353. The van der Waals surface area contributed by atoms with E-state index >= 15 is 0 Å². The normalized spacial score (nSPS) is 15.3. The van der Waals surface area contributed by atoms with E-state index in [-0.39, 0.29) is 22.3 Å². The van der Waals surface area contributed by atoms with E-state index in [0.717, 1.165) is 0 Å². The van der Waals surface area contributed by atoms with Gasteiger partial charge >= 0.3 is 5.97 Å². The molecule has 0 amide bonds. The van der Waals surface area contributed by atoms with Crippen LogP contribution in [0.4, 0.5) is 5.69 Å². The number of hydrogen-bond donors (Lipinski definition) is 0. The predicted octanol–water partition coefficient (Wildman–Crippen LogP) is 4.25. The van der Waals surface area contributed by atoms with Gasteiger partial charge in [-0.15, -0.1) is 0 Å². The molecule has 8 heteroatoms. The van der Waals surface area contributed by atoms with Crippen LogP contribution in [0.1, 0.15) is 11.1 Å². The summed E-state index contributed by atoms with van der Waals surface area (Å²) in [6, 6.07) is 10.7. The highest BCUT2D eigenvalue weighted by molar-refractivity contribution is 6.34. The van der Waals surface area contributed by atoms with Crippen LogP contribution in [0.25, 0.3) is 6.08 Å². The van der Waals surface area contributed by atoms with Gasteiger partial charge in [0.15, 0.2) is 5.70 Å². The van der Waals surface area contributed by atoms with Crippen molar-refractivity contribution >= 4 is 46.8 Å². The molecule has 6 nitrogen and oxygen atoms in total. The van der Waals surface area contributed by atoms with Crippen LogP contribution in [0, 0.1) is 10.1 Å². The lowest BCUT2D eigenvalue weighted by Crippen LogP contribution is -2.06. The highest BCUT2D eigenvalue weighted by Crippen LogP contribution is 2.27. The average molecular weight is 363 g/mol. The number of benzene rings is 2. The lowest BCUT2D eigenvalue weighted by Gasteiger charge is -2.02. The molecule has 2 aromatic carbocycles. The van der Waals surface area contributed by atoms with Gasteiger partial charge in [-0.05, 0) is 29.8 Å². The van der Waals surface area contributed by atoms with Crippen LogP contribution in [0.15, 0.2) is 53.2 Å². The number of carbonyl (C=O) groups excluding carboxylic acids is 1. The second-order valence-electron chi connectivity index (χ2n) is 4.81. The van der Waals surface area contributed by atoms with Crippen molar-refractivity contribution in [1.82, 2.24) is 0 Å². The van der Waals surface area contributed by atoms with Crippen LogP contribution >= 0.6 is 23.2 Å². The molecule has 1 aliphatic heterocycles. The number of esters is 1. The van der Waals surface area contributed by atoms with Gasteiger partial charge in [0.25, 0.3) is 5.69 Å². The van der Waals surface area contributed by atoms with E-state index in [1.807, 2.05) is 0 Å². The highest BCUT2D eigenvalue weighted by Gasteiger charge is 2.26. The van der Waals surface area contributed by atoms with E-state index in [9.17, 15) is 14.9 Å². The summed E-state index contributed by atoms with van der Waals surface area (Å²) in [5.74, 6) is -0.646. The van der Waals surface area contributed by atoms with Crippen molar-refractivity contribution in [3.8, 4) is 0 Å². The summed E-state index contributed by atoms with van der Waals surface area (Å²) in [6.45, 7) is 0. The van der Waals surface area contributed by atoms with Crippen LogP contribution in [-0.4, -0.2) is 16.8 Å². The Morgan fingerprint density at radius 1 is 1.17 bits per heavy atom. The van der Waals surface area contributed by atoms with Crippen LogP contribution in [0.2, 0.25) is 10.0 Å². The van der Waals surface area contributed by atoms with Gasteiger partial charge in [-0.25, -0.2) is 9.79 Å².